The molecule has 0 aliphatic heterocycles. The lowest BCUT2D eigenvalue weighted by Gasteiger charge is -2.12. The van der Waals surface area contributed by atoms with Crippen LogP contribution in [0.2, 0.25) is 0 Å². The normalized spacial score (nSPS) is 12.8. The van der Waals surface area contributed by atoms with Gasteiger partial charge in [0, 0.05) is 4.47 Å². The van der Waals surface area contributed by atoms with Gasteiger partial charge in [0.2, 0.25) is 0 Å². The third-order valence-electron chi connectivity index (χ3n) is 2.22. The molecule has 1 atom stereocenters. The number of halogens is 3. The molecule has 2 N–H and O–H groups in total. The lowest BCUT2D eigenvalue weighted by atomic mass is 10.1. The average Bonchev–Trinajstić information content (AvgIpc) is 2.63. The van der Waals surface area contributed by atoms with E-state index in [-0.39, 0.29) is 5.82 Å². The third kappa shape index (κ3) is 2.21. The van der Waals surface area contributed by atoms with Gasteiger partial charge in [0.15, 0.2) is 0 Å². The van der Waals surface area contributed by atoms with Gasteiger partial charge < -0.3 is 10.2 Å². The topological polar surface area (TPSA) is 39.2 Å². The standard InChI is InChI=1S/C11H8Br2FNO/c12-8-3-4-16-11(8)10(15)7-2-1-6(14)5-9(7)13/h1-5,10H,15H2. The summed E-state index contributed by atoms with van der Waals surface area (Å²) in [5.74, 6) is 0.314. The number of nitrogens with two attached hydrogens (primary N) is 1. The molecule has 0 aliphatic rings. The highest BCUT2D eigenvalue weighted by Crippen LogP contribution is 2.31. The van der Waals surface area contributed by atoms with Crippen molar-refractivity contribution in [2.24, 2.45) is 5.73 Å². The molecule has 1 aromatic carbocycles. The van der Waals surface area contributed by atoms with Crippen LogP contribution in [0.3, 0.4) is 0 Å². The minimum Gasteiger partial charge on any atom is -0.466 e. The van der Waals surface area contributed by atoms with Crippen LogP contribution in [0.1, 0.15) is 17.4 Å². The second kappa shape index (κ2) is 4.69. The quantitative estimate of drug-likeness (QED) is 0.891. The lowest BCUT2D eigenvalue weighted by molar-refractivity contribution is 0.486. The van der Waals surface area contributed by atoms with Crippen molar-refractivity contribution in [3.63, 3.8) is 0 Å². The molecule has 0 amide bonds. The Bertz CT molecular complexity index is 512. The minimum absolute atomic E-state index is 0.304. The fraction of sp³-hybridized carbons (Fsp3) is 0.0909. The second-order valence-electron chi connectivity index (χ2n) is 3.28. The molecule has 1 unspecified atom stereocenters. The first-order chi connectivity index (χ1) is 7.59. The van der Waals surface area contributed by atoms with Crippen molar-refractivity contribution < 1.29 is 8.81 Å². The van der Waals surface area contributed by atoms with Crippen molar-refractivity contribution in [1.82, 2.24) is 0 Å². The zero-order valence-electron chi connectivity index (χ0n) is 8.08. The van der Waals surface area contributed by atoms with E-state index >= 15 is 0 Å². The number of rotatable bonds is 2. The van der Waals surface area contributed by atoms with Gasteiger partial charge in [-0.2, -0.15) is 0 Å². The fourth-order valence-corrected chi connectivity index (χ4v) is 2.47. The maximum absolute atomic E-state index is 12.9. The fourth-order valence-electron chi connectivity index (χ4n) is 1.42. The highest BCUT2D eigenvalue weighted by atomic mass is 79.9. The summed E-state index contributed by atoms with van der Waals surface area (Å²) < 4.78 is 19.6. The van der Waals surface area contributed by atoms with E-state index in [0.29, 0.717) is 10.2 Å². The van der Waals surface area contributed by atoms with Gasteiger partial charge in [0.05, 0.1) is 16.8 Å². The molecule has 16 heavy (non-hydrogen) atoms. The minimum atomic E-state index is -0.431. The van der Waals surface area contributed by atoms with Crippen LogP contribution < -0.4 is 5.73 Å². The first-order valence-electron chi connectivity index (χ1n) is 4.53. The van der Waals surface area contributed by atoms with Gasteiger partial charge in [-0.1, -0.05) is 22.0 Å². The van der Waals surface area contributed by atoms with E-state index in [1.807, 2.05) is 0 Å². The Morgan fingerprint density at radius 3 is 2.50 bits per heavy atom. The Hall–Kier alpha value is -0.650. The molecule has 0 bridgehead atoms. The number of furan rings is 1. The lowest BCUT2D eigenvalue weighted by Crippen LogP contribution is -2.12. The van der Waals surface area contributed by atoms with E-state index < -0.39 is 6.04 Å². The zero-order chi connectivity index (χ0) is 11.7. The molecular weight excluding hydrogens is 341 g/mol. The molecule has 2 rings (SSSR count). The van der Waals surface area contributed by atoms with Crippen molar-refractivity contribution in [2.75, 3.05) is 0 Å². The summed E-state index contributed by atoms with van der Waals surface area (Å²) in [5.41, 5.74) is 6.81. The van der Waals surface area contributed by atoms with Crippen LogP contribution in [0.4, 0.5) is 4.39 Å². The molecule has 0 saturated heterocycles. The number of benzene rings is 1. The van der Waals surface area contributed by atoms with Crippen molar-refractivity contribution in [2.45, 2.75) is 6.04 Å². The molecule has 0 saturated carbocycles. The SMILES string of the molecule is NC(c1ccc(F)cc1Br)c1occc1Br. The van der Waals surface area contributed by atoms with E-state index in [2.05, 4.69) is 31.9 Å². The average molecular weight is 349 g/mol. The van der Waals surface area contributed by atoms with Gasteiger partial charge in [0.1, 0.15) is 11.6 Å². The van der Waals surface area contributed by atoms with Gasteiger partial charge in [-0.15, -0.1) is 0 Å². The van der Waals surface area contributed by atoms with E-state index in [1.54, 1.807) is 18.4 Å². The van der Waals surface area contributed by atoms with Gasteiger partial charge in [0.25, 0.3) is 0 Å². The molecular formula is C11H8Br2FNO. The van der Waals surface area contributed by atoms with E-state index in [4.69, 9.17) is 10.2 Å². The third-order valence-corrected chi connectivity index (χ3v) is 3.57. The molecule has 5 heteroatoms. The Morgan fingerprint density at radius 2 is 1.94 bits per heavy atom. The smallest absolute Gasteiger partial charge is 0.139 e. The Labute approximate surface area is 109 Å². The summed E-state index contributed by atoms with van der Waals surface area (Å²) in [5, 5.41) is 0. The molecule has 0 aliphatic carbocycles. The molecule has 2 aromatic rings. The predicted octanol–water partition coefficient (Wildman–Crippen LogP) is 3.99. The first-order valence-corrected chi connectivity index (χ1v) is 6.11. The maximum Gasteiger partial charge on any atom is 0.139 e. The predicted molar refractivity (Wildman–Crippen MR) is 66.5 cm³/mol. The molecule has 1 heterocycles. The van der Waals surface area contributed by atoms with E-state index in [1.165, 1.54) is 12.1 Å². The largest absolute Gasteiger partial charge is 0.466 e. The van der Waals surface area contributed by atoms with Crippen LogP contribution in [-0.4, -0.2) is 0 Å². The van der Waals surface area contributed by atoms with Crippen LogP contribution >= 0.6 is 31.9 Å². The molecule has 1 aromatic heterocycles. The maximum atomic E-state index is 12.9. The highest BCUT2D eigenvalue weighted by molar-refractivity contribution is 9.10. The van der Waals surface area contributed by atoms with Crippen LogP contribution in [0.25, 0.3) is 0 Å². The van der Waals surface area contributed by atoms with Crippen molar-refractivity contribution >= 4 is 31.9 Å². The van der Waals surface area contributed by atoms with Gasteiger partial charge in [-0.3, -0.25) is 0 Å². The monoisotopic (exact) mass is 347 g/mol. The van der Waals surface area contributed by atoms with Gasteiger partial charge in [-0.05, 0) is 39.7 Å². The summed E-state index contributed by atoms with van der Waals surface area (Å²) in [4.78, 5) is 0. The summed E-state index contributed by atoms with van der Waals surface area (Å²) >= 11 is 6.62. The van der Waals surface area contributed by atoms with Crippen LogP contribution in [0, 0.1) is 5.82 Å². The number of hydrogen-bond donors (Lipinski definition) is 1. The van der Waals surface area contributed by atoms with Crippen LogP contribution in [-0.2, 0) is 0 Å². The Kier molecular flexibility index (Phi) is 3.47. The van der Waals surface area contributed by atoms with Gasteiger partial charge >= 0.3 is 0 Å². The zero-order valence-corrected chi connectivity index (χ0v) is 11.3. The first kappa shape index (κ1) is 11.8. The molecule has 0 fully saturated rings. The molecule has 84 valence electrons. The summed E-state index contributed by atoms with van der Waals surface area (Å²) in [6.07, 6.45) is 1.55. The highest BCUT2D eigenvalue weighted by Gasteiger charge is 2.18. The molecule has 0 radical (unpaired) electrons. The van der Waals surface area contributed by atoms with Crippen molar-refractivity contribution in [3.8, 4) is 0 Å². The van der Waals surface area contributed by atoms with Crippen molar-refractivity contribution in [3.05, 3.63) is 56.6 Å². The summed E-state index contributed by atoms with van der Waals surface area (Å²) in [7, 11) is 0. The van der Waals surface area contributed by atoms with Gasteiger partial charge in [-0.25, -0.2) is 4.39 Å². The van der Waals surface area contributed by atoms with Crippen LogP contribution in [0.5, 0.6) is 0 Å². The second-order valence-corrected chi connectivity index (χ2v) is 4.98. The Morgan fingerprint density at radius 1 is 1.19 bits per heavy atom. The van der Waals surface area contributed by atoms with Crippen molar-refractivity contribution in [1.29, 1.82) is 0 Å². The summed E-state index contributed by atoms with van der Waals surface area (Å²) in [6, 6.07) is 5.73. The van der Waals surface area contributed by atoms with E-state index in [0.717, 1.165) is 10.0 Å². The van der Waals surface area contributed by atoms with Crippen LogP contribution in [0.15, 0.2) is 43.9 Å². The Balaban J connectivity index is 2.41. The molecule has 2 nitrogen and oxygen atoms in total. The number of hydrogen-bond acceptors (Lipinski definition) is 2. The summed E-state index contributed by atoms with van der Waals surface area (Å²) in [6.45, 7) is 0. The molecule has 0 spiro atoms. The van der Waals surface area contributed by atoms with E-state index in [9.17, 15) is 4.39 Å².